The van der Waals surface area contributed by atoms with E-state index in [1.807, 2.05) is 18.2 Å². The van der Waals surface area contributed by atoms with E-state index < -0.39 is 18.3 Å². The number of ketones is 1. The van der Waals surface area contributed by atoms with Crippen LogP contribution >= 0.6 is 11.8 Å². The number of hydrogen-bond acceptors (Lipinski definition) is 4. The Hall–Kier alpha value is -2.05. The molecule has 0 aromatic heterocycles. The Morgan fingerprint density at radius 1 is 1.25 bits per heavy atom. The fraction of sp³-hybridized carbons (Fsp3) is 0.364. The number of ether oxygens (including phenoxy) is 1. The maximum atomic E-state index is 15.0. The molecule has 146 valence electrons. The molecule has 1 saturated heterocycles. The number of halogens is 2. The van der Waals surface area contributed by atoms with Crippen molar-refractivity contribution in [2.75, 3.05) is 19.0 Å². The highest BCUT2D eigenvalue weighted by Crippen LogP contribution is 2.49. The van der Waals surface area contributed by atoms with Crippen LogP contribution in [0.4, 0.5) is 8.78 Å². The highest BCUT2D eigenvalue weighted by molar-refractivity contribution is 8.14. The number of benzene rings is 2. The second kappa shape index (κ2) is 7.76. The summed E-state index contributed by atoms with van der Waals surface area (Å²) in [6.07, 6.45) is -0.459. The summed E-state index contributed by atoms with van der Waals surface area (Å²) in [6.45, 7) is 1.19. The fourth-order valence-corrected chi connectivity index (χ4v) is 5.31. The molecule has 1 fully saturated rings. The first kappa shape index (κ1) is 19.3. The highest BCUT2D eigenvalue weighted by Gasteiger charge is 2.54. The number of aryl methyl sites for hydroxylation is 1. The summed E-state index contributed by atoms with van der Waals surface area (Å²) in [5, 5.41) is 0.647. The van der Waals surface area contributed by atoms with Crippen molar-refractivity contribution in [1.82, 2.24) is 0 Å². The minimum atomic E-state index is -0.982. The molecule has 0 unspecified atom stereocenters. The molecular formula is C22H21F2NO2S. The van der Waals surface area contributed by atoms with Gasteiger partial charge in [0.2, 0.25) is 0 Å². The third-order valence-corrected chi connectivity index (χ3v) is 6.65. The number of carbonyl (C=O) groups excluding carboxylic acids is 1. The molecule has 3 nitrogen and oxygen atoms in total. The lowest BCUT2D eigenvalue weighted by molar-refractivity contribution is 0.0721. The number of Topliss-reactive ketones (excluding diaryl/α,β-unsaturated/α-hetero) is 1. The molecule has 28 heavy (non-hydrogen) atoms. The SMILES string of the molecule is Cc1cccc([C@]23CO[C@H](CF)[C@H]2CSC(CC(=O)c2ccccc2)=N3)c1F. The van der Waals surface area contributed by atoms with Crippen LogP contribution in [0.2, 0.25) is 0 Å². The van der Waals surface area contributed by atoms with Gasteiger partial charge in [-0.25, -0.2) is 8.78 Å². The maximum absolute atomic E-state index is 15.0. The predicted molar refractivity (Wildman–Crippen MR) is 107 cm³/mol. The van der Waals surface area contributed by atoms with E-state index in [4.69, 9.17) is 9.73 Å². The lowest BCUT2D eigenvalue weighted by atomic mass is 9.78. The van der Waals surface area contributed by atoms with E-state index in [0.717, 1.165) is 0 Å². The van der Waals surface area contributed by atoms with E-state index in [9.17, 15) is 9.18 Å². The third kappa shape index (κ3) is 3.29. The van der Waals surface area contributed by atoms with Crippen molar-refractivity contribution in [2.45, 2.75) is 25.0 Å². The Kier molecular flexibility index (Phi) is 5.34. The van der Waals surface area contributed by atoms with Crippen LogP contribution < -0.4 is 0 Å². The average Bonchev–Trinajstić information content (AvgIpc) is 3.09. The molecule has 0 amide bonds. The number of carbonyl (C=O) groups is 1. The molecule has 2 aromatic carbocycles. The lowest BCUT2D eigenvalue weighted by Crippen LogP contribution is -2.41. The largest absolute Gasteiger partial charge is 0.372 e. The van der Waals surface area contributed by atoms with Crippen LogP contribution in [0.25, 0.3) is 0 Å². The van der Waals surface area contributed by atoms with Crippen molar-refractivity contribution in [3.8, 4) is 0 Å². The molecule has 0 spiro atoms. The summed E-state index contributed by atoms with van der Waals surface area (Å²) in [5.41, 5.74) is 0.584. The Balaban J connectivity index is 1.73. The smallest absolute Gasteiger partial charge is 0.169 e. The molecule has 0 aliphatic carbocycles. The van der Waals surface area contributed by atoms with Gasteiger partial charge in [0.05, 0.1) is 24.2 Å². The van der Waals surface area contributed by atoms with Gasteiger partial charge in [0.25, 0.3) is 0 Å². The van der Waals surface area contributed by atoms with Crippen molar-refractivity contribution in [3.63, 3.8) is 0 Å². The van der Waals surface area contributed by atoms with E-state index in [1.54, 1.807) is 37.3 Å². The van der Waals surface area contributed by atoms with E-state index in [0.29, 0.717) is 27.5 Å². The number of nitrogens with zero attached hydrogens (tertiary/aromatic N) is 1. The second-order valence-electron chi connectivity index (χ2n) is 7.25. The minimum absolute atomic E-state index is 0.0360. The third-order valence-electron chi connectivity index (χ3n) is 5.55. The monoisotopic (exact) mass is 401 g/mol. The van der Waals surface area contributed by atoms with Gasteiger partial charge in [0.15, 0.2) is 5.78 Å². The zero-order chi connectivity index (χ0) is 19.7. The highest BCUT2D eigenvalue weighted by atomic mass is 32.2. The van der Waals surface area contributed by atoms with Gasteiger partial charge in [-0.05, 0) is 12.5 Å². The van der Waals surface area contributed by atoms with Crippen LogP contribution in [-0.2, 0) is 10.3 Å². The molecule has 0 N–H and O–H groups in total. The van der Waals surface area contributed by atoms with Gasteiger partial charge in [-0.3, -0.25) is 9.79 Å². The number of thioether (sulfide) groups is 1. The summed E-state index contributed by atoms with van der Waals surface area (Å²) >= 11 is 1.45. The standard InChI is InChI=1S/C22H21F2NO2S/c1-14-6-5-9-16(21(14)24)22-13-27-19(11-23)17(22)12-28-20(25-22)10-18(26)15-7-3-2-4-8-15/h2-9,17,19H,10-13H2,1H3/t17-,19-,22-/m1/s1. The van der Waals surface area contributed by atoms with Crippen LogP contribution in [0.1, 0.15) is 27.9 Å². The number of aliphatic imine (C=N–C) groups is 1. The second-order valence-corrected chi connectivity index (χ2v) is 8.35. The Morgan fingerprint density at radius 3 is 2.79 bits per heavy atom. The number of alkyl halides is 1. The topological polar surface area (TPSA) is 38.7 Å². The van der Waals surface area contributed by atoms with Crippen LogP contribution in [0.15, 0.2) is 53.5 Å². The first-order chi connectivity index (χ1) is 13.5. The van der Waals surface area contributed by atoms with E-state index >= 15 is 4.39 Å². The Morgan fingerprint density at radius 2 is 2.04 bits per heavy atom. The van der Waals surface area contributed by atoms with Gasteiger partial charge in [0, 0.05) is 22.8 Å². The predicted octanol–water partition coefficient (Wildman–Crippen LogP) is 4.73. The van der Waals surface area contributed by atoms with Crippen molar-refractivity contribution >= 4 is 22.6 Å². The van der Waals surface area contributed by atoms with Crippen LogP contribution in [0.3, 0.4) is 0 Å². The molecule has 2 aliphatic heterocycles. The number of hydrogen-bond donors (Lipinski definition) is 0. The maximum Gasteiger partial charge on any atom is 0.169 e. The van der Waals surface area contributed by atoms with Crippen molar-refractivity contribution in [1.29, 1.82) is 0 Å². The molecule has 4 rings (SSSR count). The Bertz CT molecular complexity index is 918. The van der Waals surface area contributed by atoms with Crippen molar-refractivity contribution in [3.05, 3.63) is 71.0 Å². The molecule has 6 heteroatoms. The van der Waals surface area contributed by atoms with Crippen LogP contribution in [-0.4, -0.2) is 36.0 Å². The fourth-order valence-electron chi connectivity index (χ4n) is 3.99. The molecular weight excluding hydrogens is 380 g/mol. The van der Waals surface area contributed by atoms with E-state index in [1.165, 1.54) is 11.8 Å². The molecule has 2 heterocycles. The molecule has 2 aromatic rings. The first-order valence-corrected chi connectivity index (χ1v) is 10.3. The molecule has 0 radical (unpaired) electrons. The van der Waals surface area contributed by atoms with Crippen LogP contribution in [0, 0.1) is 18.7 Å². The zero-order valence-electron chi connectivity index (χ0n) is 15.5. The molecule has 0 saturated carbocycles. The molecule has 3 atom stereocenters. The van der Waals surface area contributed by atoms with Crippen molar-refractivity contribution < 1.29 is 18.3 Å². The van der Waals surface area contributed by atoms with Gasteiger partial charge in [0.1, 0.15) is 18.0 Å². The summed E-state index contributed by atoms with van der Waals surface area (Å²) in [5.74, 6) is -0.0939. The van der Waals surface area contributed by atoms with Gasteiger partial charge in [-0.1, -0.05) is 48.5 Å². The number of rotatable bonds is 5. The lowest BCUT2D eigenvalue weighted by Gasteiger charge is -2.36. The van der Waals surface area contributed by atoms with Gasteiger partial charge < -0.3 is 4.74 Å². The average molecular weight is 401 g/mol. The first-order valence-electron chi connectivity index (χ1n) is 9.28. The summed E-state index contributed by atoms with van der Waals surface area (Å²) < 4.78 is 34.2. The summed E-state index contributed by atoms with van der Waals surface area (Å²) in [6, 6.07) is 14.2. The van der Waals surface area contributed by atoms with Crippen LogP contribution in [0.5, 0.6) is 0 Å². The number of fused-ring (bicyclic) bond motifs is 1. The van der Waals surface area contributed by atoms with Gasteiger partial charge in [-0.15, -0.1) is 11.8 Å². The zero-order valence-corrected chi connectivity index (χ0v) is 16.3. The normalized spacial score (nSPS) is 26.6. The van der Waals surface area contributed by atoms with Crippen molar-refractivity contribution in [2.24, 2.45) is 10.9 Å². The molecule has 2 aliphatic rings. The quantitative estimate of drug-likeness (QED) is 0.680. The van der Waals surface area contributed by atoms with Gasteiger partial charge >= 0.3 is 0 Å². The molecule has 0 bridgehead atoms. The minimum Gasteiger partial charge on any atom is -0.372 e. The van der Waals surface area contributed by atoms with E-state index in [2.05, 4.69) is 0 Å². The van der Waals surface area contributed by atoms with Gasteiger partial charge in [-0.2, -0.15) is 0 Å². The van der Waals surface area contributed by atoms with E-state index in [-0.39, 0.29) is 30.5 Å². The Labute approximate surface area is 167 Å². The summed E-state index contributed by atoms with van der Waals surface area (Å²) in [7, 11) is 0. The summed E-state index contributed by atoms with van der Waals surface area (Å²) in [4.78, 5) is 17.5.